The van der Waals surface area contributed by atoms with E-state index in [1.54, 1.807) is 25.2 Å². The number of carbonyl (C=O) groups excluding carboxylic acids is 2. The minimum atomic E-state index is -0.822. The van der Waals surface area contributed by atoms with Crippen LogP contribution in [0.4, 0.5) is 0 Å². The van der Waals surface area contributed by atoms with Gasteiger partial charge in [0.1, 0.15) is 5.78 Å². The normalized spacial score (nSPS) is 22.1. The molecule has 5 nitrogen and oxygen atoms in total. The molecule has 1 aliphatic rings. The maximum Gasteiger partial charge on any atom is 0.305 e. The molecule has 0 radical (unpaired) electrons. The van der Waals surface area contributed by atoms with Crippen molar-refractivity contribution in [2.45, 2.75) is 77.4 Å². The molecule has 1 aromatic heterocycles. The largest absolute Gasteiger partial charge is 0.469 e. The zero-order valence-electron chi connectivity index (χ0n) is 20.7. The number of unbranched alkanes of at least 4 members (excludes halogenated alkanes) is 1. The minimum Gasteiger partial charge on any atom is -0.469 e. The molecule has 2 N–H and O–H groups in total. The Balaban J connectivity index is 1.54. The predicted octanol–water partition coefficient (Wildman–Crippen LogP) is 5.57. The lowest BCUT2D eigenvalue weighted by atomic mass is 9.85. The van der Waals surface area contributed by atoms with Gasteiger partial charge in [0.25, 0.3) is 0 Å². The monoisotopic (exact) mass is 518 g/mol. The van der Waals surface area contributed by atoms with Crippen LogP contribution in [-0.2, 0) is 20.7 Å². The maximum atomic E-state index is 13.0. The first-order chi connectivity index (χ1) is 16.7. The Bertz CT molecular complexity index is 1100. The van der Waals surface area contributed by atoms with Crippen molar-refractivity contribution in [2.24, 2.45) is 17.3 Å². The zero-order valence-corrected chi connectivity index (χ0v) is 22.3. The maximum absolute atomic E-state index is 13.0. The van der Waals surface area contributed by atoms with Gasteiger partial charge in [0, 0.05) is 45.6 Å². The summed E-state index contributed by atoms with van der Waals surface area (Å²) < 4.78 is 5.77. The molecule has 1 aromatic carbocycles. The van der Waals surface area contributed by atoms with E-state index in [9.17, 15) is 19.8 Å². The van der Waals surface area contributed by atoms with Gasteiger partial charge in [0.05, 0.1) is 24.3 Å². The van der Waals surface area contributed by atoms with Crippen LogP contribution in [0, 0.1) is 29.1 Å². The number of esters is 1. The van der Waals surface area contributed by atoms with Gasteiger partial charge >= 0.3 is 5.97 Å². The van der Waals surface area contributed by atoms with Crippen LogP contribution in [0.15, 0.2) is 24.3 Å². The van der Waals surface area contributed by atoms with E-state index in [1.807, 2.05) is 24.3 Å². The number of rotatable bonds is 10. The van der Waals surface area contributed by atoms with Gasteiger partial charge in [0.15, 0.2) is 0 Å². The highest BCUT2D eigenvalue weighted by atomic mass is 35.5. The molecule has 1 fully saturated rings. The SMILES string of the molecule is COC(=O)CCCC#CCC1C(=O)C(C)(C)C(O)C1CCC(O)CCc1sc2ccccc2c1Cl. The van der Waals surface area contributed by atoms with Crippen molar-refractivity contribution in [1.29, 1.82) is 0 Å². The summed E-state index contributed by atoms with van der Waals surface area (Å²) in [5.41, 5.74) is -0.822. The van der Waals surface area contributed by atoms with Gasteiger partial charge in [-0.25, -0.2) is 0 Å². The van der Waals surface area contributed by atoms with E-state index in [-0.39, 0.29) is 23.6 Å². The molecule has 35 heavy (non-hydrogen) atoms. The molecule has 1 saturated carbocycles. The van der Waals surface area contributed by atoms with Gasteiger partial charge in [-0.15, -0.1) is 23.2 Å². The number of benzene rings is 1. The van der Waals surface area contributed by atoms with E-state index in [0.29, 0.717) is 51.4 Å². The average Bonchev–Trinajstić information content (AvgIpc) is 3.25. The Morgan fingerprint density at radius 1 is 1.26 bits per heavy atom. The van der Waals surface area contributed by atoms with E-state index in [0.717, 1.165) is 20.0 Å². The Morgan fingerprint density at radius 2 is 2.00 bits per heavy atom. The Labute approximate surface area is 216 Å². The summed E-state index contributed by atoms with van der Waals surface area (Å²) in [6.45, 7) is 3.58. The first-order valence-electron chi connectivity index (χ1n) is 12.3. The van der Waals surface area contributed by atoms with Crippen LogP contribution in [0.1, 0.15) is 63.7 Å². The third-order valence-corrected chi connectivity index (χ3v) is 8.90. The fourth-order valence-corrected chi connectivity index (χ4v) is 6.47. The van der Waals surface area contributed by atoms with Crippen molar-refractivity contribution in [3.8, 4) is 11.8 Å². The second-order valence-corrected chi connectivity index (χ2v) is 11.4. The van der Waals surface area contributed by atoms with Gasteiger partial charge in [-0.1, -0.05) is 43.6 Å². The molecular formula is C28H35ClO5S. The van der Waals surface area contributed by atoms with Gasteiger partial charge < -0.3 is 14.9 Å². The number of ether oxygens (including phenoxy) is 1. The van der Waals surface area contributed by atoms with Crippen LogP contribution < -0.4 is 0 Å². The third-order valence-electron chi connectivity index (χ3n) is 7.13. The standard InChI is InChI=1S/C28H35ClO5S/c1-28(2)26(32)19(10-6-4-5-7-13-24(31)34-3)20(27(28)33)16-14-18(30)15-17-23-25(29)21-11-8-9-12-22(21)35-23/h8-9,11-12,18-20,27,30,33H,5,7,10,13-17H2,1-3H3. The number of halogens is 1. The topological polar surface area (TPSA) is 83.8 Å². The number of carbonyl (C=O) groups is 2. The summed E-state index contributed by atoms with van der Waals surface area (Å²) in [7, 11) is 1.36. The van der Waals surface area contributed by atoms with E-state index < -0.39 is 17.6 Å². The summed E-state index contributed by atoms with van der Waals surface area (Å²) in [5.74, 6) is 5.32. The van der Waals surface area contributed by atoms with E-state index in [2.05, 4.69) is 16.6 Å². The number of hydrogen-bond donors (Lipinski definition) is 2. The Hall–Kier alpha value is -1.91. The van der Waals surface area contributed by atoms with E-state index in [4.69, 9.17) is 11.6 Å². The molecule has 0 amide bonds. The number of ketones is 1. The Kier molecular flexibility index (Phi) is 9.77. The third kappa shape index (κ3) is 6.65. The number of methoxy groups -OCH3 is 1. The number of fused-ring (bicyclic) bond motifs is 1. The molecule has 3 rings (SSSR count). The number of aliphatic hydroxyl groups excluding tert-OH is 2. The predicted molar refractivity (Wildman–Crippen MR) is 140 cm³/mol. The van der Waals surface area contributed by atoms with Crippen LogP contribution >= 0.6 is 22.9 Å². The molecule has 0 bridgehead atoms. The van der Waals surface area contributed by atoms with Crippen LogP contribution in [0.2, 0.25) is 5.02 Å². The molecule has 4 atom stereocenters. The molecule has 1 heterocycles. The average molecular weight is 519 g/mol. The van der Waals surface area contributed by atoms with Crippen LogP contribution in [0.25, 0.3) is 10.1 Å². The van der Waals surface area contributed by atoms with Crippen LogP contribution in [-0.4, -0.2) is 41.3 Å². The highest BCUT2D eigenvalue weighted by molar-refractivity contribution is 7.19. The lowest BCUT2D eigenvalue weighted by Gasteiger charge is -2.25. The molecule has 2 aromatic rings. The summed E-state index contributed by atoms with van der Waals surface area (Å²) in [4.78, 5) is 25.3. The molecular weight excluding hydrogens is 484 g/mol. The molecule has 7 heteroatoms. The lowest BCUT2D eigenvalue weighted by Crippen LogP contribution is -2.32. The second-order valence-electron chi connectivity index (χ2n) is 9.89. The highest BCUT2D eigenvalue weighted by Crippen LogP contribution is 2.46. The number of thiophene rings is 1. The summed E-state index contributed by atoms with van der Waals surface area (Å²) >= 11 is 8.19. The molecule has 0 aliphatic heterocycles. The van der Waals surface area contributed by atoms with Gasteiger partial charge in [-0.3, -0.25) is 9.59 Å². The van der Waals surface area contributed by atoms with Crippen molar-refractivity contribution in [1.82, 2.24) is 0 Å². The quantitative estimate of drug-likeness (QED) is 0.244. The molecule has 0 spiro atoms. The minimum absolute atomic E-state index is 0.0328. The summed E-state index contributed by atoms with van der Waals surface area (Å²) in [6, 6.07) is 8.02. The smallest absolute Gasteiger partial charge is 0.305 e. The van der Waals surface area contributed by atoms with Gasteiger partial charge in [-0.05, 0) is 44.1 Å². The van der Waals surface area contributed by atoms with E-state index in [1.165, 1.54) is 7.11 Å². The molecule has 1 aliphatic carbocycles. The first-order valence-corrected chi connectivity index (χ1v) is 13.4. The van der Waals surface area contributed by atoms with Crippen molar-refractivity contribution in [3.63, 3.8) is 0 Å². The molecule has 190 valence electrons. The number of Topliss-reactive ketones (excluding diaryl/α,β-unsaturated/α-hetero) is 1. The first kappa shape index (κ1) is 27.7. The van der Waals surface area contributed by atoms with Crippen LogP contribution in [0.3, 0.4) is 0 Å². The van der Waals surface area contributed by atoms with Crippen LogP contribution in [0.5, 0.6) is 0 Å². The van der Waals surface area contributed by atoms with Gasteiger partial charge in [-0.2, -0.15) is 0 Å². The fourth-order valence-electron chi connectivity index (χ4n) is 4.92. The summed E-state index contributed by atoms with van der Waals surface area (Å²) in [5, 5.41) is 23.4. The molecule has 0 saturated heterocycles. The number of hydrogen-bond acceptors (Lipinski definition) is 6. The van der Waals surface area contributed by atoms with E-state index >= 15 is 0 Å². The molecule has 4 unspecified atom stereocenters. The van der Waals surface area contributed by atoms with Crippen molar-refractivity contribution >= 4 is 44.8 Å². The highest BCUT2D eigenvalue weighted by Gasteiger charge is 2.53. The van der Waals surface area contributed by atoms with Crippen molar-refractivity contribution < 1.29 is 24.5 Å². The van der Waals surface area contributed by atoms with Crippen molar-refractivity contribution in [2.75, 3.05) is 7.11 Å². The fraction of sp³-hybridized carbons (Fsp3) is 0.571. The summed E-state index contributed by atoms with van der Waals surface area (Å²) in [6.07, 6.45) is 2.94. The lowest BCUT2D eigenvalue weighted by molar-refractivity contribution is -0.140. The zero-order chi connectivity index (χ0) is 25.6. The van der Waals surface area contributed by atoms with Crippen molar-refractivity contribution in [3.05, 3.63) is 34.2 Å². The second kappa shape index (κ2) is 12.4. The Morgan fingerprint density at radius 3 is 2.71 bits per heavy atom. The number of aryl methyl sites for hydroxylation is 1. The number of aliphatic hydroxyl groups is 2. The van der Waals surface area contributed by atoms with Gasteiger partial charge in [0.2, 0.25) is 0 Å².